The van der Waals surface area contributed by atoms with E-state index in [1.165, 1.54) is 17.8 Å². The number of benzene rings is 1. The number of phenols is 1. The lowest BCUT2D eigenvalue weighted by Gasteiger charge is -2.12. The van der Waals surface area contributed by atoms with Gasteiger partial charge in [0, 0.05) is 31.0 Å². The number of rotatable bonds is 6. The molecular formula is C15H19FNO3S+. The number of amides is 1. The van der Waals surface area contributed by atoms with Crippen molar-refractivity contribution in [1.29, 1.82) is 0 Å². The molecule has 0 radical (unpaired) electrons. The number of thioether (sulfide) groups is 1. The molecule has 0 saturated carbocycles. The number of halogens is 1. The van der Waals surface area contributed by atoms with E-state index < -0.39 is 17.5 Å². The van der Waals surface area contributed by atoms with Gasteiger partial charge in [-0.3, -0.25) is 0 Å². The Labute approximate surface area is 128 Å². The summed E-state index contributed by atoms with van der Waals surface area (Å²) in [6, 6.07) is 6.72. The number of nitrogens with one attached hydrogen (secondary N) is 1. The van der Waals surface area contributed by atoms with Gasteiger partial charge in [0.2, 0.25) is 5.60 Å². The average Bonchev–Trinajstić information content (AvgIpc) is 2.35. The second-order valence-corrected chi connectivity index (χ2v) is 5.95. The second kappa shape index (κ2) is 7.83. The molecule has 0 atom stereocenters. The van der Waals surface area contributed by atoms with Gasteiger partial charge >= 0.3 is 6.09 Å². The Morgan fingerprint density at radius 1 is 1.52 bits per heavy atom. The van der Waals surface area contributed by atoms with E-state index in [0.29, 0.717) is 4.90 Å². The molecular weight excluding hydrogens is 293 g/mol. The highest BCUT2D eigenvalue weighted by Crippen LogP contribution is 2.29. The average molecular weight is 312 g/mol. The van der Waals surface area contributed by atoms with E-state index in [2.05, 4.69) is 12.2 Å². The minimum absolute atomic E-state index is 0.0298. The van der Waals surface area contributed by atoms with Crippen LogP contribution < -0.4 is 5.32 Å². The molecule has 0 unspecified atom stereocenters. The molecule has 0 saturated heterocycles. The molecule has 4 nitrogen and oxygen atoms in total. The molecule has 1 aromatic carbocycles. The maximum Gasteiger partial charge on any atom is 0.411 e. The van der Waals surface area contributed by atoms with Crippen LogP contribution in [0.1, 0.15) is 13.8 Å². The van der Waals surface area contributed by atoms with E-state index in [4.69, 9.17) is 4.74 Å². The van der Waals surface area contributed by atoms with Crippen LogP contribution in [0, 0.1) is 6.92 Å². The smallest absolute Gasteiger partial charge is 0.411 e. The fourth-order valence-corrected chi connectivity index (χ4v) is 2.12. The quantitative estimate of drug-likeness (QED) is 0.621. The fraction of sp³-hybridized carbons (Fsp3) is 0.333. The molecule has 114 valence electrons. The lowest BCUT2D eigenvalue weighted by Crippen LogP contribution is -2.32. The summed E-state index contributed by atoms with van der Waals surface area (Å²) in [4.78, 5) is 11.9. The third kappa shape index (κ3) is 7.51. The first-order valence-corrected chi connectivity index (χ1v) is 7.34. The largest absolute Gasteiger partial charge is 0.507 e. The molecule has 0 aliphatic heterocycles. The van der Waals surface area contributed by atoms with Crippen LogP contribution >= 0.6 is 11.8 Å². The van der Waals surface area contributed by atoms with Crippen molar-refractivity contribution in [2.24, 2.45) is 0 Å². The second-order valence-electron chi connectivity index (χ2n) is 4.94. The van der Waals surface area contributed by atoms with Gasteiger partial charge in [-0.15, -0.1) is 11.8 Å². The number of hydrogen-bond acceptors (Lipinski definition) is 4. The van der Waals surface area contributed by atoms with Crippen LogP contribution in [-0.4, -0.2) is 29.1 Å². The normalized spacial score (nSPS) is 12.0. The molecule has 0 aromatic heterocycles. The molecule has 21 heavy (non-hydrogen) atoms. The van der Waals surface area contributed by atoms with E-state index in [-0.39, 0.29) is 18.0 Å². The maximum atomic E-state index is 13.6. The van der Waals surface area contributed by atoms with Crippen LogP contribution in [0.3, 0.4) is 0 Å². The van der Waals surface area contributed by atoms with Crippen molar-refractivity contribution in [2.75, 3.05) is 12.3 Å². The Morgan fingerprint density at radius 3 is 2.81 bits per heavy atom. The third-order valence-electron chi connectivity index (χ3n) is 2.17. The molecule has 0 aliphatic rings. The van der Waals surface area contributed by atoms with Crippen LogP contribution in [0.2, 0.25) is 0 Å². The van der Waals surface area contributed by atoms with Gasteiger partial charge < -0.3 is 15.2 Å². The zero-order valence-electron chi connectivity index (χ0n) is 12.1. The van der Waals surface area contributed by atoms with Gasteiger partial charge in [-0.05, 0) is 18.2 Å². The van der Waals surface area contributed by atoms with Crippen molar-refractivity contribution in [1.82, 2.24) is 5.32 Å². The van der Waals surface area contributed by atoms with E-state index in [9.17, 15) is 14.3 Å². The molecule has 6 heteroatoms. The van der Waals surface area contributed by atoms with Crippen molar-refractivity contribution in [3.63, 3.8) is 0 Å². The number of carbonyl (C=O) groups excluding carboxylic acids is 1. The highest BCUT2D eigenvalue weighted by atomic mass is 32.2. The minimum Gasteiger partial charge on any atom is -0.507 e. The fourth-order valence-electron chi connectivity index (χ4n) is 1.32. The van der Waals surface area contributed by atoms with Crippen LogP contribution in [-0.2, 0) is 4.74 Å². The Kier molecular flexibility index (Phi) is 6.42. The molecule has 0 heterocycles. The predicted octanol–water partition coefficient (Wildman–Crippen LogP) is 3.68. The van der Waals surface area contributed by atoms with Gasteiger partial charge in [0.05, 0.1) is 0 Å². The van der Waals surface area contributed by atoms with E-state index in [0.717, 1.165) is 0 Å². The van der Waals surface area contributed by atoms with Gasteiger partial charge in [0.15, 0.2) is 0 Å². The van der Waals surface area contributed by atoms with Gasteiger partial charge in [-0.2, -0.15) is 0 Å². The zero-order valence-corrected chi connectivity index (χ0v) is 12.9. The summed E-state index contributed by atoms with van der Waals surface area (Å²) in [5, 5.41) is 11.9. The van der Waals surface area contributed by atoms with Gasteiger partial charge in [0.25, 0.3) is 0 Å². The first-order chi connectivity index (χ1) is 9.78. The molecule has 1 amide bonds. The Hall–Kier alpha value is -1.82. The summed E-state index contributed by atoms with van der Waals surface area (Å²) in [6.07, 6.45) is 0.608. The number of hydrogen-bond donors (Lipinski definition) is 2. The number of carbonyl (C=O) groups is 1. The molecule has 0 aliphatic carbocycles. The first kappa shape index (κ1) is 17.2. The van der Waals surface area contributed by atoms with Crippen LogP contribution in [0.25, 0.3) is 0 Å². The topological polar surface area (TPSA) is 58.6 Å². The molecule has 2 N–H and O–H groups in total. The van der Waals surface area contributed by atoms with Crippen LogP contribution in [0.4, 0.5) is 9.18 Å². The summed E-state index contributed by atoms with van der Waals surface area (Å²) < 4.78 is 18.5. The number of aromatic hydroxyl groups is 1. The molecule has 0 fully saturated rings. The number of para-hydroxylation sites is 1. The lowest BCUT2D eigenvalue weighted by atomic mass is 10.2. The van der Waals surface area contributed by atoms with Gasteiger partial charge in [0.1, 0.15) is 18.5 Å². The van der Waals surface area contributed by atoms with Crippen molar-refractivity contribution in [2.45, 2.75) is 24.3 Å². The van der Waals surface area contributed by atoms with E-state index >= 15 is 0 Å². The standard InChI is InChI=1S/C15H18FNO3S/c1-15(2,3)20-14(19)17-9-8-11(16)10-21-13-7-5-4-6-12(13)18/h4-8H,1,9-10H2,2-3H3,(H-,17,18,19)/p+1/b11-8-. The Bertz CT molecular complexity index is 512. The summed E-state index contributed by atoms with van der Waals surface area (Å²) in [7, 11) is 0. The summed E-state index contributed by atoms with van der Waals surface area (Å²) >= 11 is 1.18. The summed E-state index contributed by atoms with van der Waals surface area (Å²) in [5.41, 5.74) is -0.826. The van der Waals surface area contributed by atoms with Gasteiger partial charge in [-0.1, -0.05) is 12.1 Å². The van der Waals surface area contributed by atoms with Crippen LogP contribution in [0.15, 0.2) is 41.1 Å². The van der Waals surface area contributed by atoms with Crippen molar-refractivity contribution < 1.29 is 19.0 Å². The Balaban J connectivity index is 2.34. The first-order valence-electron chi connectivity index (χ1n) is 6.35. The highest BCUT2D eigenvalue weighted by Gasteiger charge is 2.22. The number of alkyl carbamates (subject to hydrolysis) is 1. The molecule has 1 rings (SSSR count). The Morgan fingerprint density at radius 2 is 2.19 bits per heavy atom. The third-order valence-corrected chi connectivity index (χ3v) is 3.25. The van der Waals surface area contributed by atoms with Crippen molar-refractivity contribution >= 4 is 17.9 Å². The molecule has 1 aromatic rings. The minimum atomic E-state index is -0.826. The van der Waals surface area contributed by atoms with Crippen LogP contribution in [0.5, 0.6) is 5.75 Å². The van der Waals surface area contributed by atoms with Crippen molar-refractivity contribution in [3.05, 3.63) is 43.1 Å². The van der Waals surface area contributed by atoms with E-state index in [1.54, 1.807) is 38.1 Å². The predicted molar refractivity (Wildman–Crippen MR) is 81.9 cm³/mol. The van der Waals surface area contributed by atoms with Crippen molar-refractivity contribution in [3.8, 4) is 5.75 Å². The summed E-state index contributed by atoms with van der Waals surface area (Å²) in [5.74, 6) is -0.193. The zero-order chi connectivity index (χ0) is 15.9. The number of phenolic OH excluding ortho intramolecular Hbond substituents is 1. The highest BCUT2D eigenvalue weighted by molar-refractivity contribution is 7.99. The van der Waals surface area contributed by atoms with Gasteiger partial charge in [-0.25, -0.2) is 9.18 Å². The monoisotopic (exact) mass is 312 g/mol. The lowest BCUT2D eigenvalue weighted by molar-refractivity contribution is 0.0710. The molecule has 0 bridgehead atoms. The molecule has 0 spiro atoms. The number of ether oxygens (including phenoxy) is 1. The maximum absolute atomic E-state index is 13.6. The van der Waals surface area contributed by atoms with E-state index in [1.807, 2.05) is 0 Å². The SMILES string of the molecule is [CH2+]C(C)(C)OC(=O)NC/C=C(\F)CSc1ccccc1O. The summed E-state index contributed by atoms with van der Waals surface area (Å²) in [6.45, 7) is 6.94.